The lowest BCUT2D eigenvalue weighted by molar-refractivity contribution is 0.415. The van der Waals surface area contributed by atoms with Gasteiger partial charge in [-0.1, -0.05) is 6.07 Å². The maximum atomic E-state index is 5.16. The summed E-state index contributed by atoms with van der Waals surface area (Å²) in [7, 11) is 1.64. The van der Waals surface area contributed by atoms with E-state index in [0.717, 1.165) is 17.0 Å². The Bertz CT molecular complexity index is 677. The van der Waals surface area contributed by atoms with Gasteiger partial charge in [-0.15, -0.1) is 5.10 Å². The number of nitrogens with zero attached hydrogens (tertiary/aromatic N) is 3. The molecular weight excluding hydrogens is 228 g/mol. The fraction of sp³-hybridized carbons (Fsp3) is 0.0769. The van der Waals surface area contributed by atoms with E-state index in [2.05, 4.69) is 15.4 Å². The van der Waals surface area contributed by atoms with Crippen LogP contribution in [0.5, 0.6) is 5.75 Å². The molecule has 90 valence electrons. The summed E-state index contributed by atoms with van der Waals surface area (Å²) >= 11 is 0. The van der Waals surface area contributed by atoms with Crippen molar-refractivity contribution in [2.24, 2.45) is 0 Å². The lowest BCUT2D eigenvalue weighted by Gasteiger charge is -2.06. The zero-order chi connectivity index (χ0) is 12.4. The van der Waals surface area contributed by atoms with Gasteiger partial charge in [-0.3, -0.25) is 0 Å². The van der Waals surface area contributed by atoms with Crippen LogP contribution in [0.4, 0.5) is 11.6 Å². The molecule has 0 fully saturated rings. The molecule has 0 saturated heterocycles. The Labute approximate surface area is 104 Å². The summed E-state index contributed by atoms with van der Waals surface area (Å²) in [6.45, 7) is 0. The van der Waals surface area contributed by atoms with Crippen LogP contribution in [0.25, 0.3) is 5.52 Å². The minimum absolute atomic E-state index is 0.548. The van der Waals surface area contributed by atoms with Gasteiger partial charge in [0, 0.05) is 18.0 Å². The number of nitrogens with one attached hydrogen (secondary N) is 1. The molecule has 0 bridgehead atoms. The van der Waals surface area contributed by atoms with Gasteiger partial charge in [-0.25, -0.2) is 9.50 Å². The second-order valence-electron chi connectivity index (χ2n) is 3.82. The van der Waals surface area contributed by atoms with E-state index in [-0.39, 0.29) is 0 Å². The maximum Gasteiger partial charge on any atom is 0.245 e. The zero-order valence-corrected chi connectivity index (χ0v) is 9.87. The molecule has 0 aliphatic rings. The molecule has 0 amide bonds. The average Bonchev–Trinajstić information content (AvgIpc) is 2.86. The molecule has 0 aliphatic carbocycles. The summed E-state index contributed by atoms with van der Waals surface area (Å²) < 4.78 is 6.94. The summed E-state index contributed by atoms with van der Waals surface area (Å²) in [5.41, 5.74) is 1.85. The molecule has 1 N–H and O–H groups in total. The number of aromatic nitrogens is 3. The largest absolute Gasteiger partial charge is 0.497 e. The van der Waals surface area contributed by atoms with Crippen molar-refractivity contribution in [1.29, 1.82) is 0 Å². The first-order valence-electron chi connectivity index (χ1n) is 5.56. The highest BCUT2D eigenvalue weighted by molar-refractivity contribution is 5.56. The Morgan fingerprint density at radius 1 is 1.22 bits per heavy atom. The van der Waals surface area contributed by atoms with Gasteiger partial charge in [0.05, 0.1) is 18.8 Å². The van der Waals surface area contributed by atoms with Gasteiger partial charge in [0.15, 0.2) is 0 Å². The van der Waals surface area contributed by atoms with Crippen molar-refractivity contribution in [1.82, 2.24) is 14.6 Å². The molecular formula is C13H12N4O. The molecule has 2 aromatic heterocycles. The number of rotatable bonds is 3. The van der Waals surface area contributed by atoms with E-state index in [1.54, 1.807) is 17.8 Å². The summed E-state index contributed by atoms with van der Waals surface area (Å²) in [6.07, 6.45) is 3.66. The molecule has 0 atom stereocenters. The van der Waals surface area contributed by atoms with Crippen molar-refractivity contribution in [2.45, 2.75) is 0 Å². The van der Waals surface area contributed by atoms with Crippen LogP contribution in [0.15, 0.2) is 48.8 Å². The molecule has 5 nitrogen and oxygen atoms in total. The highest BCUT2D eigenvalue weighted by Crippen LogP contribution is 2.19. The Hall–Kier alpha value is -2.56. The molecule has 0 radical (unpaired) electrons. The number of ether oxygens (including phenoxy) is 1. The number of fused-ring (bicyclic) bond motifs is 1. The second kappa shape index (κ2) is 4.37. The number of benzene rings is 1. The Morgan fingerprint density at radius 3 is 3.06 bits per heavy atom. The van der Waals surface area contributed by atoms with Crippen LogP contribution in [0.2, 0.25) is 0 Å². The molecule has 0 spiro atoms. The van der Waals surface area contributed by atoms with Gasteiger partial charge >= 0.3 is 0 Å². The number of anilines is 2. The van der Waals surface area contributed by atoms with E-state index in [4.69, 9.17) is 4.74 Å². The van der Waals surface area contributed by atoms with E-state index < -0.39 is 0 Å². The molecule has 0 unspecified atom stereocenters. The molecule has 18 heavy (non-hydrogen) atoms. The Kier molecular flexibility index (Phi) is 2.57. The van der Waals surface area contributed by atoms with Crippen LogP contribution in [-0.2, 0) is 0 Å². The van der Waals surface area contributed by atoms with Crippen molar-refractivity contribution in [3.63, 3.8) is 0 Å². The standard InChI is InChI=1S/C13H12N4O/c1-18-12-6-2-4-10(8-12)15-13-14-9-11-5-3-7-17(11)16-13/h2-9H,1H3,(H,15,16). The van der Waals surface area contributed by atoms with Crippen LogP contribution in [-0.4, -0.2) is 21.7 Å². The summed E-state index contributed by atoms with van der Waals surface area (Å²) in [5.74, 6) is 1.34. The van der Waals surface area contributed by atoms with Crippen molar-refractivity contribution in [2.75, 3.05) is 12.4 Å². The van der Waals surface area contributed by atoms with Gasteiger partial charge in [0.25, 0.3) is 0 Å². The first-order chi connectivity index (χ1) is 8.85. The normalized spacial score (nSPS) is 10.5. The third kappa shape index (κ3) is 1.98. The van der Waals surface area contributed by atoms with Crippen molar-refractivity contribution >= 4 is 17.2 Å². The van der Waals surface area contributed by atoms with Gasteiger partial charge in [0.2, 0.25) is 5.95 Å². The third-order valence-corrected chi connectivity index (χ3v) is 2.61. The van der Waals surface area contributed by atoms with Crippen LogP contribution >= 0.6 is 0 Å². The molecule has 1 aromatic carbocycles. The van der Waals surface area contributed by atoms with Gasteiger partial charge in [0.1, 0.15) is 5.75 Å². The van der Waals surface area contributed by atoms with Crippen LogP contribution in [0.1, 0.15) is 0 Å². The summed E-state index contributed by atoms with van der Waals surface area (Å²) in [6, 6.07) is 11.5. The SMILES string of the molecule is COc1cccc(Nc2ncc3cccn3n2)c1. The molecule has 2 heterocycles. The molecule has 3 aromatic rings. The minimum atomic E-state index is 0.548. The van der Waals surface area contributed by atoms with E-state index in [1.807, 2.05) is 42.6 Å². The van der Waals surface area contributed by atoms with Crippen molar-refractivity contribution in [3.05, 3.63) is 48.8 Å². The van der Waals surface area contributed by atoms with Gasteiger partial charge in [-0.2, -0.15) is 0 Å². The Morgan fingerprint density at radius 2 is 2.17 bits per heavy atom. The monoisotopic (exact) mass is 240 g/mol. The van der Waals surface area contributed by atoms with Gasteiger partial charge < -0.3 is 10.1 Å². The minimum Gasteiger partial charge on any atom is -0.497 e. The fourth-order valence-electron chi connectivity index (χ4n) is 1.72. The topological polar surface area (TPSA) is 51.5 Å². The predicted octanol–water partition coefficient (Wildman–Crippen LogP) is 2.48. The smallest absolute Gasteiger partial charge is 0.245 e. The Balaban J connectivity index is 1.90. The highest BCUT2D eigenvalue weighted by Gasteiger charge is 2.01. The fourth-order valence-corrected chi connectivity index (χ4v) is 1.72. The predicted molar refractivity (Wildman–Crippen MR) is 69.3 cm³/mol. The first-order valence-corrected chi connectivity index (χ1v) is 5.56. The van der Waals surface area contributed by atoms with Gasteiger partial charge in [-0.05, 0) is 24.3 Å². The quantitative estimate of drug-likeness (QED) is 0.764. The molecule has 0 aliphatic heterocycles. The number of hydrogen-bond acceptors (Lipinski definition) is 4. The van der Waals surface area contributed by atoms with E-state index >= 15 is 0 Å². The summed E-state index contributed by atoms with van der Waals surface area (Å²) in [4.78, 5) is 4.25. The first kappa shape index (κ1) is 10.6. The lowest BCUT2D eigenvalue weighted by Crippen LogP contribution is -2.01. The number of hydrogen-bond donors (Lipinski definition) is 1. The molecule has 5 heteroatoms. The number of methoxy groups -OCH3 is 1. The van der Waals surface area contributed by atoms with E-state index in [0.29, 0.717) is 5.95 Å². The van der Waals surface area contributed by atoms with Crippen molar-refractivity contribution in [3.8, 4) is 5.75 Å². The molecule has 0 saturated carbocycles. The van der Waals surface area contributed by atoms with Crippen LogP contribution in [0.3, 0.4) is 0 Å². The highest BCUT2D eigenvalue weighted by atomic mass is 16.5. The second-order valence-corrected chi connectivity index (χ2v) is 3.82. The third-order valence-electron chi connectivity index (χ3n) is 2.61. The summed E-state index contributed by atoms with van der Waals surface area (Å²) in [5, 5.41) is 7.48. The maximum absolute atomic E-state index is 5.16. The van der Waals surface area contributed by atoms with Crippen LogP contribution in [0, 0.1) is 0 Å². The lowest BCUT2D eigenvalue weighted by atomic mass is 10.3. The van der Waals surface area contributed by atoms with E-state index in [1.165, 1.54) is 0 Å². The van der Waals surface area contributed by atoms with Crippen molar-refractivity contribution < 1.29 is 4.74 Å². The van der Waals surface area contributed by atoms with Crippen LogP contribution < -0.4 is 10.1 Å². The van der Waals surface area contributed by atoms with E-state index in [9.17, 15) is 0 Å². The average molecular weight is 240 g/mol. The molecule has 3 rings (SSSR count). The zero-order valence-electron chi connectivity index (χ0n) is 9.87.